The molecule has 2 fully saturated rings. The van der Waals surface area contributed by atoms with Crippen LogP contribution in [0.1, 0.15) is 44.9 Å². The maximum absolute atomic E-state index is 12.7. The van der Waals surface area contributed by atoms with Crippen LogP contribution in [0.15, 0.2) is 29.1 Å². The number of aromatic nitrogens is 2. The third kappa shape index (κ3) is 3.70. The van der Waals surface area contributed by atoms with Gasteiger partial charge in [-0.3, -0.25) is 9.59 Å². The second-order valence-electron chi connectivity index (χ2n) is 7.89. The van der Waals surface area contributed by atoms with Gasteiger partial charge in [-0.15, -0.1) is 0 Å². The van der Waals surface area contributed by atoms with E-state index in [0.717, 1.165) is 36.7 Å². The Labute approximate surface area is 159 Å². The number of hydrogen-bond acceptors (Lipinski definition) is 4. The van der Waals surface area contributed by atoms with Crippen LogP contribution in [0.4, 0.5) is 5.82 Å². The highest BCUT2D eigenvalue weighted by Gasteiger charge is 2.28. The van der Waals surface area contributed by atoms with Crippen molar-refractivity contribution in [3.8, 4) is 0 Å². The standard InChI is InChI=1S/C21H28N4O2/c1-24-18-10-6-5-9-17(18)23-19(21(24)27)25-13-11-15(12-14-25)20(26)22-16-7-3-2-4-8-16/h5-6,9-10,15-16H,2-4,7-8,11-14H2,1H3,(H,22,26). The molecule has 6 nitrogen and oxygen atoms in total. The summed E-state index contributed by atoms with van der Waals surface area (Å²) < 4.78 is 1.67. The number of para-hydroxylation sites is 2. The monoisotopic (exact) mass is 368 g/mol. The van der Waals surface area contributed by atoms with Crippen molar-refractivity contribution in [2.45, 2.75) is 51.0 Å². The molecular formula is C21H28N4O2. The van der Waals surface area contributed by atoms with Crippen LogP contribution >= 0.6 is 0 Å². The first-order chi connectivity index (χ1) is 13.1. The normalized spacial score (nSPS) is 19.4. The first-order valence-electron chi connectivity index (χ1n) is 10.1. The number of rotatable bonds is 3. The van der Waals surface area contributed by atoms with Crippen molar-refractivity contribution in [2.24, 2.45) is 13.0 Å². The highest BCUT2D eigenvalue weighted by Crippen LogP contribution is 2.23. The smallest absolute Gasteiger partial charge is 0.293 e. The molecule has 0 bridgehead atoms. The van der Waals surface area contributed by atoms with Crippen LogP contribution in [0, 0.1) is 5.92 Å². The van der Waals surface area contributed by atoms with E-state index >= 15 is 0 Å². The molecule has 0 spiro atoms. The zero-order valence-corrected chi connectivity index (χ0v) is 16.0. The molecule has 2 heterocycles. The molecule has 1 aliphatic carbocycles. The van der Waals surface area contributed by atoms with Crippen LogP contribution in [0.2, 0.25) is 0 Å². The number of carbonyl (C=O) groups excluding carboxylic acids is 1. The van der Waals surface area contributed by atoms with Gasteiger partial charge < -0.3 is 14.8 Å². The number of anilines is 1. The number of piperidine rings is 1. The fraction of sp³-hybridized carbons (Fsp3) is 0.571. The lowest BCUT2D eigenvalue weighted by atomic mass is 9.92. The Bertz CT molecular complexity index is 877. The number of nitrogens with zero attached hydrogens (tertiary/aromatic N) is 3. The SMILES string of the molecule is Cn1c(=O)c(N2CCC(C(=O)NC3CCCCC3)CC2)nc2ccccc21. The number of nitrogens with one attached hydrogen (secondary N) is 1. The van der Waals surface area contributed by atoms with E-state index in [-0.39, 0.29) is 17.4 Å². The Hall–Kier alpha value is -2.37. The molecule has 1 aromatic heterocycles. The number of fused-ring (bicyclic) bond motifs is 1. The van der Waals surface area contributed by atoms with E-state index in [1.807, 2.05) is 29.2 Å². The molecule has 2 aromatic rings. The summed E-state index contributed by atoms with van der Waals surface area (Å²) in [6.07, 6.45) is 7.51. The molecular weight excluding hydrogens is 340 g/mol. The summed E-state index contributed by atoms with van der Waals surface area (Å²) in [6.45, 7) is 1.40. The molecule has 27 heavy (non-hydrogen) atoms. The quantitative estimate of drug-likeness (QED) is 0.904. The van der Waals surface area contributed by atoms with Gasteiger partial charge in [0.15, 0.2) is 5.82 Å². The van der Waals surface area contributed by atoms with Crippen LogP contribution in [-0.2, 0) is 11.8 Å². The third-order valence-corrected chi connectivity index (χ3v) is 6.08. The van der Waals surface area contributed by atoms with E-state index in [0.29, 0.717) is 24.9 Å². The number of benzene rings is 1. The van der Waals surface area contributed by atoms with E-state index in [2.05, 4.69) is 10.3 Å². The number of aryl methyl sites for hydroxylation is 1. The minimum Gasteiger partial charge on any atom is -0.353 e. The Morgan fingerprint density at radius 3 is 2.52 bits per heavy atom. The van der Waals surface area contributed by atoms with Gasteiger partial charge in [0.05, 0.1) is 11.0 Å². The zero-order chi connectivity index (χ0) is 18.8. The van der Waals surface area contributed by atoms with Gasteiger partial charge in [0, 0.05) is 32.1 Å². The summed E-state index contributed by atoms with van der Waals surface area (Å²) >= 11 is 0. The van der Waals surface area contributed by atoms with Gasteiger partial charge in [-0.2, -0.15) is 0 Å². The summed E-state index contributed by atoms with van der Waals surface area (Å²) in [5, 5.41) is 3.25. The first-order valence-corrected chi connectivity index (χ1v) is 10.1. The summed E-state index contributed by atoms with van der Waals surface area (Å²) in [4.78, 5) is 32.0. The van der Waals surface area contributed by atoms with Gasteiger partial charge in [0.1, 0.15) is 0 Å². The molecule has 144 valence electrons. The van der Waals surface area contributed by atoms with Gasteiger partial charge in [-0.1, -0.05) is 31.4 Å². The second kappa shape index (κ2) is 7.71. The van der Waals surface area contributed by atoms with Gasteiger partial charge >= 0.3 is 0 Å². The molecule has 1 amide bonds. The van der Waals surface area contributed by atoms with Crippen LogP contribution in [0.3, 0.4) is 0 Å². The highest BCUT2D eigenvalue weighted by atomic mass is 16.2. The maximum atomic E-state index is 12.7. The molecule has 1 saturated heterocycles. The van der Waals surface area contributed by atoms with Crippen molar-refractivity contribution in [2.75, 3.05) is 18.0 Å². The van der Waals surface area contributed by atoms with Crippen molar-refractivity contribution >= 4 is 22.8 Å². The van der Waals surface area contributed by atoms with Crippen LogP contribution in [0.5, 0.6) is 0 Å². The van der Waals surface area contributed by atoms with Crippen molar-refractivity contribution in [1.82, 2.24) is 14.9 Å². The second-order valence-corrected chi connectivity index (χ2v) is 7.89. The van der Waals surface area contributed by atoms with E-state index in [1.54, 1.807) is 11.6 Å². The fourth-order valence-corrected chi connectivity index (χ4v) is 4.39. The molecule has 1 N–H and O–H groups in total. The van der Waals surface area contributed by atoms with Crippen LogP contribution in [0.25, 0.3) is 11.0 Å². The molecule has 0 radical (unpaired) electrons. The minimum atomic E-state index is -0.0705. The van der Waals surface area contributed by atoms with Crippen molar-refractivity contribution in [1.29, 1.82) is 0 Å². The van der Waals surface area contributed by atoms with Crippen molar-refractivity contribution in [3.05, 3.63) is 34.6 Å². The lowest BCUT2D eigenvalue weighted by Gasteiger charge is -2.33. The van der Waals surface area contributed by atoms with Gasteiger partial charge in [-0.05, 0) is 37.8 Å². The van der Waals surface area contributed by atoms with E-state index in [4.69, 9.17) is 0 Å². The first kappa shape index (κ1) is 18.0. The lowest BCUT2D eigenvalue weighted by molar-refractivity contribution is -0.126. The fourth-order valence-electron chi connectivity index (χ4n) is 4.39. The predicted molar refractivity (Wildman–Crippen MR) is 107 cm³/mol. The Balaban J connectivity index is 1.43. The summed E-state index contributed by atoms with van der Waals surface area (Å²) in [7, 11) is 1.79. The number of carbonyl (C=O) groups is 1. The summed E-state index contributed by atoms with van der Waals surface area (Å²) in [5.41, 5.74) is 1.60. The molecule has 2 aliphatic rings. The molecule has 6 heteroatoms. The molecule has 4 rings (SSSR count). The Morgan fingerprint density at radius 1 is 1.07 bits per heavy atom. The zero-order valence-electron chi connectivity index (χ0n) is 16.0. The highest BCUT2D eigenvalue weighted by molar-refractivity contribution is 5.79. The molecule has 0 atom stereocenters. The molecule has 1 aliphatic heterocycles. The van der Waals surface area contributed by atoms with Gasteiger partial charge in [-0.25, -0.2) is 4.98 Å². The molecule has 1 aromatic carbocycles. The largest absolute Gasteiger partial charge is 0.353 e. The third-order valence-electron chi connectivity index (χ3n) is 6.08. The Morgan fingerprint density at radius 2 is 1.78 bits per heavy atom. The van der Waals surface area contributed by atoms with Crippen LogP contribution in [-0.4, -0.2) is 34.6 Å². The minimum absolute atomic E-state index is 0.0486. The van der Waals surface area contributed by atoms with E-state index in [1.165, 1.54) is 19.3 Å². The average molecular weight is 368 g/mol. The van der Waals surface area contributed by atoms with Crippen molar-refractivity contribution < 1.29 is 4.79 Å². The van der Waals surface area contributed by atoms with Gasteiger partial charge in [0.25, 0.3) is 5.56 Å². The van der Waals surface area contributed by atoms with Crippen LogP contribution < -0.4 is 15.8 Å². The maximum Gasteiger partial charge on any atom is 0.293 e. The lowest BCUT2D eigenvalue weighted by Crippen LogP contribution is -2.45. The summed E-state index contributed by atoms with van der Waals surface area (Å²) in [5.74, 6) is 0.746. The van der Waals surface area contributed by atoms with Gasteiger partial charge in [0.2, 0.25) is 5.91 Å². The number of amides is 1. The molecule has 1 saturated carbocycles. The average Bonchev–Trinajstić information content (AvgIpc) is 2.71. The topological polar surface area (TPSA) is 67.2 Å². The molecule has 0 unspecified atom stereocenters. The van der Waals surface area contributed by atoms with E-state index < -0.39 is 0 Å². The Kier molecular flexibility index (Phi) is 5.14. The predicted octanol–water partition coefficient (Wildman–Crippen LogP) is 2.60. The van der Waals surface area contributed by atoms with Crippen molar-refractivity contribution in [3.63, 3.8) is 0 Å². The van der Waals surface area contributed by atoms with E-state index in [9.17, 15) is 9.59 Å². The number of hydrogen-bond donors (Lipinski definition) is 1. The summed E-state index contributed by atoms with van der Waals surface area (Å²) in [6, 6.07) is 8.06.